The van der Waals surface area contributed by atoms with Crippen molar-refractivity contribution in [1.29, 1.82) is 0 Å². The minimum atomic E-state index is -0.665. The largest absolute Gasteiger partial charge is 0.497 e. The highest BCUT2D eigenvalue weighted by molar-refractivity contribution is 6.30. The van der Waals surface area contributed by atoms with Crippen LogP contribution >= 0.6 is 11.6 Å². The molecule has 0 saturated carbocycles. The summed E-state index contributed by atoms with van der Waals surface area (Å²) in [5.74, 6) is -1.18. The van der Waals surface area contributed by atoms with E-state index in [1.807, 2.05) is 0 Å². The first-order valence-corrected chi connectivity index (χ1v) is 6.41. The molecule has 5 heteroatoms. The molecule has 0 saturated heterocycles. The molecule has 1 N–H and O–H groups in total. The molecular formula is C15H14ClF2NO. The molecule has 106 valence electrons. The smallest absolute Gasteiger partial charge is 0.137 e. The minimum absolute atomic E-state index is 0.0762. The molecule has 0 aliphatic rings. The Morgan fingerprint density at radius 2 is 1.80 bits per heavy atom. The third kappa shape index (κ3) is 2.92. The number of methoxy groups -OCH3 is 1. The molecule has 0 aliphatic heterocycles. The van der Waals surface area contributed by atoms with E-state index in [9.17, 15) is 8.78 Å². The van der Waals surface area contributed by atoms with E-state index >= 15 is 0 Å². The SMILES string of the molecule is CNCc1cc(Cl)ccc1-c1c(F)cc(OC)cc1F. The summed E-state index contributed by atoms with van der Waals surface area (Å²) in [7, 11) is 3.12. The second-order valence-electron chi connectivity index (χ2n) is 4.30. The lowest BCUT2D eigenvalue weighted by Crippen LogP contribution is -2.07. The maximum atomic E-state index is 14.1. The van der Waals surface area contributed by atoms with Gasteiger partial charge in [0.1, 0.15) is 17.4 Å². The van der Waals surface area contributed by atoms with Crippen LogP contribution in [0.5, 0.6) is 5.75 Å². The molecule has 0 spiro atoms. The molecule has 2 nitrogen and oxygen atoms in total. The normalized spacial score (nSPS) is 10.7. The maximum absolute atomic E-state index is 14.1. The number of hydrogen-bond donors (Lipinski definition) is 1. The fraction of sp³-hybridized carbons (Fsp3) is 0.200. The topological polar surface area (TPSA) is 21.3 Å². The van der Waals surface area contributed by atoms with Gasteiger partial charge in [0.05, 0.1) is 12.7 Å². The molecule has 0 fully saturated rings. The van der Waals surface area contributed by atoms with Gasteiger partial charge in [-0.25, -0.2) is 8.78 Å². The molecule has 2 aromatic carbocycles. The Hall–Kier alpha value is -1.65. The molecule has 2 rings (SSSR count). The van der Waals surface area contributed by atoms with Gasteiger partial charge in [-0.05, 0) is 30.3 Å². The average molecular weight is 298 g/mol. The van der Waals surface area contributed by atoms with Gasteiger partial charge in [-0.1, -0.05) is 17.7 Å². The van der Waals surface area contributed by atoms with Gasteiger partial charge in [0.2, 0.25) is 0 Å². The van der Waals surface area contributed by atoms with Gasteiger partial charge >= 0.3 is 0 Å². The van der Waals surface area contributed by atoms with Gasteiger partial charge in [0, 0.05) is 23.7 Å². The standard InChI is InChI=1S/C15H14ClF2NO/c1-19-8-9-5-10(16)3-4-12(9)15-13(17)6-11(20-2)7-14(15)18/h3-7,19H,8H2,1-2H3. The molecule has 20 heavy (non-hydrogen) atoms. The number of nitrogens with one attached hydrogen (secondary N) is 1. The molecule has 0 bridgehead atoms. The number of rotatable bonds is 4. The van der Waals surface area contributed by atoms with Gasteiger partial charge in [-0.2, -0.15) is 0 Å². The molecule has 0 atom stereocenters. The first-order valence-electron chi connectivity index (χ1n) is 6.03. The minimum Gasteiger partial charge on any atom is -0.497 e. The summed E-state index contributed by atoms with van der Waals surface area (Å²) in [6, 6.07) is 7.24. The lowest BCUT2D eigenvalue weighted by Gasteiger charge is -2.13. The van der Waals surface area contributed by atoms with Crippen LogP contribution in [0.15, 0.2) is 30.3 Å². The van der Waals surface area contributed by atoms with Gasteiger partial charge in [-0.15, -0.1) is 0 Å². The summed E-state index contributed by atoms with van der Waals surface area (Å²) in [4.78, 5) is 0. The summed E-state index contributed by atoms with van der Waals surface area (Å²) >= 11 is 5.93. The highest BCUT2D eigenvalue weighted by Gasteiger charge is 2.16. The zero-order valence-corrected chi connectivity index (χ0v) is 11.9. The van der Waals surface area contributed by atoms with E-state index in [-0.39, 0.29) is 11.3 Å². The molecule has 0 unspecified atom stereocenters. The van der Waals surface area contributed by atoms with Crippen LogP contribution < -0.4 is 10.1 Å². The van der Waals surface area contributed by atoms with Gasteiger partial charge in [0.15, 0.2) is 0 Å². The van der Waals surface area contributed by atoms with Crippen LogP contribution in [0.25, 0.3) is 11.1 Å². The van der Waals surface area contributed by atoms with E-state index in [0.29, 0.717) is 17.1 Å². The Morgan fingerprint density at radius 3 is 2.35 bits per heavy atom. The van der Waals surface area contributed by atoms with Crippen LogP contribution in [0.1, 0.15) is 5.56 Å². The van der Waals surface area contributed by atoms with E-state index in [4.69, 9.17) is 16.3 Å². The van der Waals surface area contributed by atoms with E-state index in [1.54, 1.807) is 25.2 Å². The van der Waals surface area contributed by atoms with Crippen LogP contribution in [0.3, 0.4) is 0 Å². The number of ether oxygens (including phenoxy) is 1. The van der Waals surface area contributed by atoms with E-state index in [0.717, 1.165) is 17.7 Å². The third-order valence-electron chi connectivity index (χ3n) is 2.96. The van der Waals surface area contributed by atoms with Crippen molar-refractivity contribution in [1.82, 2.24) is 5.32 Å². The van der Waals surface area contributed by atoms with Crippen molar-refractivity contribution < 1.29 is 13.5 Å². The quantitative estimate of drug-likeness (QED) is 0.920. The second-order valence-corrected chi connectivity index (χ2v) is 4.73. The first-order chi connectivity index (χ1) is 9.56. The summed E-state index contributed by atoms with van der Waals surface area (Å²) in [5.41, 5.74) is 1.12. The van der Waals surface area contributed by atoms with Crippen LogP contribution in [-0.2, 0) is 6.54 Å². The molecule has 0 radical (unpaired) electrons. The summed E-state index contributed by atoms with van der Waals surface area (Å²) in [6.07, 6.45) is 0. The van der Waals surface area contributed by atoms with E-state index in [1.165, 1.54) is 7.11 Å². The Bertz CT molecular complexity index is 608. The zero-order valence-electron chi connectivity index (χ0n) is 11.1. The second kappa shape index (κ2) is 6.20. The molecule has 0 amide bonds. The maximum Gasteiger partial charge on any atom is 0.137 e. The molecule has 2 aromatic rings. The lowest BCUT2D eigenvalue weighted by atomic mass is 9.98. The van der Waals surface area contributed by atoms with Crippen molar-refractivity contribution in [2.75, 3.05) is 14.2 Å². The average Bonchev–Trinajstić information content (AvgIpc) is 2.40. The Balaban J connectivity index is 2.62. The van der Waals surface area contributed by atoms with Crippen molar-refractivity contribution in [3.8, 4) is 16.9 Å². The van der Waals surface area contributed by atoms with Gasteiger partial charge < -0.3 is 10.1 Å². The first kappa shape index (κ1) is 14.8. The zero-order chi connectivity index (χ0) is 14.7. The number of hydrogen-bond acceptors (Lipinski definition) is 2. The van der Waals surface area contributed by atoms with E-state index < -0.39 is 11.6 Å². The molecule has 0 aromatic heterocycles. The van der Waals surface area contributed by atoms with Crippen molar-refractivity contribution in [3.05, 3.63) is 52.6 Å². The fourth-order valence-corrected chi connectivity index (χ4v) is 2.26. The number of benzene rings is 2. The fourth-order valence-electron chi connectivity index (χ4n) is 2.07. The molecule has 0 aliphatic carbocycles. The Labute approximate surface area is 121 Å². The van der Waals surface area contributed by atoms with Crippen LogP contribution in [0.4, 0.5) is 8.78 Å². The summed E-state index contributed by atoms with van der Waals surface area (Å²) in [6.45, 7) is 0.459. The Morgan fingerprint density at radius 1 is 1.15 bits per heavy atom. The van der Waals surface area contributed by atoms with Gasteiger partial charge in [-0.3, -0.25) is 0 Å². The predicted octanol–water partition coefficient (Wildman–Crippen LogP) is 4.01. The molecular weight excluding hydrogens is 284 g/mol. The van der Waals surface area contributed by atoms with Crippen LogP contribution in [-0.4, -0.2) is 14.2 Å². The van der Waals surface area contributed by atoms with Crippen molar-refractivity contribution in [3.63, 3.8) is 0 Å². The van der Waals surface area contributed by atoms with Gasteiger partial charge in [0.25, 0.3) is 0 Å². The summed E-state index contributed by atoms with van der Waals surface area (Å²) in [5, 5.41) is 3.48. The number of halogens is 3. The highest BCUT2D eigenvalue weighted by Crippen LogP contribution is 2.33. The molecule has 0 heterocycles. The Kier molecular flexibility index (Phi) is 4.57. The van der Waals surface area contributed by atoms with E-state index in [2.05, 4.69) is 5.32 Å². The monoisotopic (exact) mass is 297 g/mol. The lowest BCUT2D eigenvalue weighted by molar-refractivity contribution is 0.407. The van der Waals surface area contributed by atoms with Crippen LogP contribution in [0, 0.1) is 11.6 Å². The van der Waals surface area contributed by atoms with Crippen molar-refractivity contribution in [2.45, 2.75) is 6.54 Å². The van der Waals surface area contributed by atoms with Crippen molar-refractivity contribution in [2.24, 2.45) is 0 Å². The third-order valence-corrected chi connectivity index (χ3v) is 3.19. The predicted molar refractivity (Wildman–Crippen MR) is 76.1 cm³/mol. The van der Waals surface area contributed by atoms with Crippen LogP contribution in [0.2, 0.25) is 5.02 Å². The highest BCUT2D eigenvalue weighted by atomic mass is 35.5. The summed E-state index contributed by atoms with van der Waals surface area (Å²) < 4.78 is 33.1. The van der Waals surface area contributed by atoms with Crippen molar-refractivity contribution >= 4 is 11.6 Å².